The molecule has 0 aromatic carbocycles. The van der Waals surface area contributed by atoms with Gasteiger partial charge in [0, 0.05) is 63.8 Å². The van der Waals surface area contributed by atoms with Crippen LogP contribution in [-0.4, -0.2) is 59.7 Å². The minimum Gasteiger partial charge on any atom is -0.550 e. The van der Waals surface area contributed by atoms with Gasteiger partial charge in [0.2, 0.25) is 11.8 Å². The number of unbranched alkanes of at least 4 members (excludes halogenated alkanes) is 27. The van der Waals surface area contributed by atoms with Crippen molar-refractivity contribution in [2.75, 3.05) is 26.2 Å². The van der Waals surface area contributed by atoms with Gasteiger partial charge in [-0.25, -0.2) is 0 Å². The molecule has 0 aromatic rings. The first-order valence-corrected chi connectivity index (χ1v) is 22.3. The van der Waals surface area contributed by atoms with Gasteiger partial charge in [0.25, 0.3) is 0 Å². The topological polar surface area (TPSA) is 121 Å². The Morgan fingerprint density at radius 1 is 0.315 bits per heavy atom. The molecule has 0 aliphatic rings. The second-order valence-electron chi connectivity index (χ2n) is 15.4. The van der Waals surface area contributed by atoms with Crippen molar-refractivity contribution in [1.29, 1.82) is 0 Å². The molecule has 0 saturated heterocycles. The summed E-state index contributed by atoms with van der Waals surface area (Å²) in [6.07, 6.45) is 36.7. The number of carboxylic acids is 2. The van der Waals surface area contributed by atoms with Crippen molar-refractivity contribution in [1.82, 2.24) is 9.80 Å². The van der Waals surface area contributed by atoms with Gasteiger partial charge in [0.1, 0.15) is 0 Å². The molecule has 0 aliphatic heterocycles. The predicted molar refractivity (Wildman–Crippen MR) is 211 cm³/mol. The van der Waals surface area contributed by atoms with Crippen molar-refractivity contribution >= 4 is 23.8 Å². The van der Waals surface area contributed by atoms with Gasteiger partial charge >= 0.3 is 59.1 Å². The number of hydrogen-bond donors (Lipinski definition) is 0. The van der Waals surface area contributed by atoms with E-state index in [9.17, 15) is 29.4 Å². The van der Waals surface area contributed by atoms with Crippen LogP contribution in [0.2, 0.25) is 0 Å². The monoisotopic (exact) mass is 781 g/mol. The molecule has 0 N–H and O–H groups in total. The summed E-state index contributed by atoms with van der Waals surface area (Å²) in [5.74, 6) is -2.39. The fourth-order valence-corrected chi connectivity index (χ4v) is 7.04. The van der Waals surface area contributed by atoms with Crippen LogP contribution in [0.1, 0.15) is 232 Å². The Morgan fingerprint density at radius 2 is 0.537 bits per heavy atom. The van der Waals surface area contributed by atoms with Crippen LogP contribution in [0, 0.1) is 0 Å². The van der Waals surface area contributed by atoms with Gasteiger partial charge in [-0.1, -0.05) is 181 Å². The molecule has 0 unspecified atom stereocenters. The largest absolute Gasteiger partial charge is 1.00 e. The smallest absolute Gasteiger partial charge is 0.550 e. The van der Waals surface area contributed by atoms with Gasteiger partial charge in [0.05, 0.1) is 0 Å². The molecule has 0 fully saturated rings. The first-order chi connectivity index (χ1) is 25.3. The number of aliphatic carboxylic acids is 2. The van der Waals surface area contributed by atoms with Gasteiger partial charge < -0.3 is 29.6 Å². The van der Waals surface area contributed by atoms with E-state index < -0.39 is 11.9 Å². The van der Waals surface area contributed by atoms with Crippen LogP contribution in [0.15, 0.2) is 0 Å². The Labute approximate surface area is 377 Å². The first kappa shape index (κ1) is 58.2. The molecule has 54 heavy (non-hydrogen) atoms. The zero-order valence-electron chi connectivity index (χ0n) is 36.2. The van der Waals surface area contributed by atoms with Crippen molar-refractivity contribution in [2.45, 2.75) is 232 Å². The summed E-state index contributed by atoms with van der Waals surface area (Å²) in [4.78, 5) is 51.5. The van der Waals surface area contributed by atoms with E-state index in [2.05, 4.69) is 13.8 Å². The summed E-state index contributed by atoms with van der Waals surface area (Å²) in [5, 5.41) is 22.3. The fraction of sp³-hybridized carbons (Fsp3) is 0.909. The first-order valence-electron chi connectivity index (χ1n) is 22.3. The van der Waals surface area contributed by atoms with Crippen molar-refractivity contribution in [3.05, 3.63) is 0 Å². The second-order valence-corrected chi connectivity index (χ2v) is 15.4. The molecule has 0 aromatic heterocycles. The van der Waals surface area contributed by atoms with Crippen LogP contribution in [-0.2, 0) is 19.2 Å². The number of carbonyl (C=O) groups is 4. The average molecular weight is 781 g/mol. The number of carbonyl (C=O) groups excluding carboxylic acids is 4. The normalized spacial score (nSPS) is 10.8. The van der Waals surface area contributed by atoms with Crippen molar-refractivity contribution in [3.8, 4) is 0 Å². The summed E-state index contributed by atoms with van der Waals surface area (Å²) >= 11 is 0. The van der Waals surface area contributed by atoms with E-state index in [4.69, 9.17) is 0 Å². The van der Waals surface area contributed by atoms with E-state index in [-0.39, 0.29) is 96.9 Å². The molecule has 0 radical (unpaired) electrons. The van der Waals surface area contributed by atoms with Crippen LogP contribution in [0.4, 0.5) is 0 Å². The average Bonchev–Trinajstić information content (AvgIpc) is 3.12. The minimum absolute atomic E-state index is 0. The van der Waals surface area contributed by atoms with E-state index >= 15 is 0 Å². The fourth-order valence-electron chi connectivity index (χ4n) is 7.04. The zero-order valence-corrected chi connectivity index (χ0v) is 40.2. The molecular formula is C44H82N2Na2O6. The van der Waals surface area contributed by atoms with E-state index in [1.165, 1.54) is 141 Å². The third kappa shape index (κ3) is 41.5. The van der Waals surface area contributed by atoms with E-state index in [1.807, 2.05) is 0 Å². The Kier molecular flexibility index (Phi) is 49.1. The SMILES string of the molecule is CCCCCCCCCCCCCCCCC(=O)N(CCCCN(CCC(=O)[O-])C(=O)CCCCCCCCCCCCCCCC)CCC(=O)[O-].[Na+].[Na+]. The molecule has 10 heteroatoms. The van der Waals surface area contributed by atoms with Crippen LogP contribution >= 0.6 is 0 Å². The molecule has 306 valence electrons. The number of carboxylic acid groups (broad SMARTS) is 2. The van der Waals surface area contributed by atoms with Gasteiger partial charge in [-0.2, -0.15) is 0 Å². The number of nitrogens with zero attached hydrogens (tertiary/aromatic N) is 2. The van der Waals surface area contributed by atoms with Crippen molar-refractivity contribution in [3.63, 3.8) is 0 Å². The number of rotatable bonds is 41. The molecule has 0 spiro atoms. The summed E-state index contributed by atoms with van der Waals surface area (Å²) in [6.45, 7) is 5.62. The van der Waals surface area contributed by atoms with Crippen LogP contribution in [0.5, 0.6) is 0 Å². The van der Waals surface area contributed by atoms with Gasteiger partial charge in [0.15, 0.2) is 0 Å². The Balaban J connectivity index is -0.0000130. The molecule has 0 aliphatic carbocycles. The summed E-state index contributed by atoms with van der Waals surface area (Å²) in [7, 11) is 0. The zero-order chi connectivity index (χ0) is 38.3. The molecule has 0 rings (SSSR count). The van der Waals surface area contributed by atoms with Crippen LogP contribution in [0.25, 0.3) is 0 Å². The van der Waals surface area contributed by atoms with E-state index in [1.54, 1.807) is 9.80 Å². The third-order valence-corrected chi connectivity index (χ3v) is 10.5. The Morgan fingerprint density at radius 3 is 0.759 bits per heavy atom. The molecule has 0 atom stereocenters. The molecule has 0 heterocycles. The maximum atomic E-state index is 13.0. The van der Waals surface area contributed by atoms with Gasteiger partial charge in [-0.05, 0) is 25.7 Å². The molecule has 0 bridgehead atoms. The van der Waals surface area contributed by atoms with Crippen molar-refractivity contribution < 1.29 is 88.5 Å². The Bertz CT molecular complexity index is 795. The number of amides is 2. The quantitative estimate of drug-likeness (QED) is 0.0693. The standard InChI is InChI=1S/C44H84N2O6.2Na/c1-3-5-7-9-11-13-15-17-19-21-23-25-27-29-33-41(47)45(39-35-43(49)50)37-31-32-38-46(40-36-44(51)52)42(48)34-30-28-26-24-22-20-18-16-14-12-10-8-6-4-2;;/h3-40H2,1-2H3,(H,49,50)(H,51,52);;/q;2*+1/p-2. The molecule has 0 saturated carbocycles. The predicted octanol–water partition coefficient (Wildman–Crippen LogP) is 3.45. The molecule has 2 amide bonds. The maximum Gasteiger partial charge on any atom is 1.00 e. The van der Waals surface area contributed by atoms with Gasteiger partial charge in [-0.15, -0.1) is 0 Å². The second kappa shape index (κ2) is 45.6. The van der Waals surface area contributed by atoms with Crippen LogP contribution < -0.4 is 69.3 Å². The van der Waals surface area contributed by atoms with Crippen LogP contribution in [0.3, 0.4) is 0 Å². The minimum atomic E-state index is -1.17. The van der Waals surface area contributed by atoms with Crippen molar-refractivity contribution in [2.24, 2.45) is 0 Å². The third-order valence-electron chi connectivity index (χ3n) is 10.5. The summed E-state index contributed by atoms with van der Waals surface area (Å²) in [6, 6.07) is 0. The van der Waals surface area contributed by atoms with E-state index in [0.717, 1.165) is 38.5 Å². The molecule has 8 nitrogen and oxygen atoms in total. The molecular weight excluding hydrogens is 698 g/mol. The number of hydrogen-bond acceptors (Lipinski definition) is 6. The summed E-state index contributed by atoms with van der Waals surface area (Å²) < 4.78 is 0. The summed E-state index contributed by atoms with van der Waals surface area (Å²) in [5.41, 5.74) is 0. The van der Waals surface area contributed by atoms with Gasteiger partial charge in [-0.3, -0.25) is 9.59 Å². The maximum absolute atomic E-state index is 13.0. The Hall–Kier alpha value is -0.120. The van der Waals surface area contributed by atoms with E-state index in [0.29, 0.717) is 38.8 Å².